The van der Waals surface area contributed by atoms with Crippen molar-refractivity contribution < 1.29 is 14.8 Å². The van der Waals surface area contributed by atoms with Gasteiger partial charge in [0.1, 0.15) is 0 Å². The van der Waals surface area contributed by atoms with E-state index in [1.54, 1.807) is 0 Å². The fraction of sp³-hybridized carbons (Fsp3) is 0.583. The van der Waals surface area contributed by atoms with Crippen molar-refractivity contribution in [1.29, 1.82) is 0 Å². The summed E-state index contributed by atoms with van der Waals surface area (Å²) in [5.41, 5.74) is 0.133. The number of hydrogen-bond donors (Lipinski definition) is 1. The lowest BCUT2D eigenvalue weighted by Gasteiger charge is -2.48. The van der Waals surface area contributed by atoms with Gasteiger partial charge in [0.15, 0.2) is 0 Å². The number of rotatable bonds is 4. The Balaban J connectivity index is 2.20. The quantitative estimate of drug-likeness (QED) is 0.452. The molecule has 1 N–H and O–H groups in total. The van der Waals surface area contributed by atoms with Gasteiger partial charge in [-0.3, -0.25) is 14.9 Å². The molecule has 0 aromatic carbocycles. The van der Waals surface area contributed by atoms with Crippen LogP contribution in [-0.4, -0.2) is 22.5 Å². The topological polar surface area (TPSA) is 80.4 Å². The van der Waals surface area contributed by atoms with Crippen molar-refractivity contribution in [1.82, 2.24) is 0 Å². The maximum absolute atomic E-state index is 10.8. The molecule has 1 saturated carbocycles. The molecule has 0 aromatic rings. The van der Waals surface area contributed by atoms with E-state index in [2.05, 4.69) is 5.92 Å². The molecule has 0 spiro atoms. The van der Waals surface area contributed by atoms with Gasteiger partial charge in [-0.1, -0.05) is 12.0 Å². The number of carbonyl (C=O) groups is 1. The van der Waals surface area contributed by atoms with Crippen LogP contribution < -0.4 is 0 Å². The van der Waals surface area contributed by atoms with Crippen molar-refractivity contribution in [2.75, 3.05) is 6.54 Å². The van der Waals surface area contributed by atoms with Crippen LogP contribution >= 0.6 is 0 Å². The number of fused-ring (bicyclic) bond motifs is 1. The van der Waals surface area contributed by atoms with E-state index in [9.17, 15) is 14.9 Å². The lowest BCUT2D eigenvalue weighted by Crippen LogP contribution is -2.50. The van der Waals surface area contributed by atoms with Crippen molar-refractivity contribution in [3.8, 4) is 12.3 Å². The number of carboxylic acids is 1. The molecule has 90 valence electrons. The molecule has 2 rings (SSSR count). The minimum atomic E-state index is -0.979. The summed E-state index contributed by atoms with van der Waals surface area (Å²) >= 11 is 0. The van der Waals surface area contributed by atoms with Crippen LogP contribution in [0.3, 0.4) is 0 Å². The van der Waals surface area contributed by atoms with Crippen molar-refractivity contribution in [2.24, 2.45) is 17.3 Å². The maximum atomic E-state index is 10.8. The third kappa shape index (κ3) is 1.91. The normalized spacial score (nSPS) is 34.2. The third-order valence-corrected chi connectivity index (χ3v) is 3.88. The zero-order valence-corrected chi connectivity index (χ0v) is 9.26. The second kappa shape index (κ2) is 3.88. The average Bonchev–Trinajstić information content (AvgIpc) is 2.54. The molecule has 0 amide bonds. The first kappa shape index (κ1) is 11.6. The fourth-order valence-electron chi connectivity index (χ4n) is 3.29. The SMILES string of the molecule is C#CC1=C[C@@H]2[C@H](C1)C[C@@]2(CC(=O)O)C[N+](=O)[O-]. The third-order valence-electron chi connectivity index (χ3n) is 3.88. The highest BCUT2D eigenvalue weighted by molar-refractivity contribution is 5.68. The van der Waals surface area contributed by atoms with Gasteiger partial charge in [-0.2, -0.15) is 0 Å². The molecule has 0 radical (unpaired) electrons. The Labute approximate surface area is 98.7 Å². The van der Waals surface area contributed by atoms with Crippen LogP contribution in [0.5, 0.6) is 0 Å². The van der Waals surface area contributed by atoms with E-state index in [-0.39, 0.29) is 18.9 Å². The van der Waals surface area contributed by atoms with Gasteiger partial charge in [0, 0.05) is 4.92 Å². The van der Waals surface area contributed by atoms with Gasteiger partial charge >= 0.3 is 5.97 Å². The summed E-state index contributed by atoms with van der Waals surface area (Å²) in [6.07, 6.45) is 8.38. The summed E-state index contributed by atoms with van der Waals surface area (Å²) in [5, 5.41) is 19.6. The van der Waals surface area contributed by atoms with E-state index in [1.165, 1.54) is 0 Å². The summed E-state index contributed by atoms with van der Waals surface area (Å²) in [5.74, 6) is 1.85. The van der Waals surface area contributed by atoms with Crippen molar-refractivity contribution in [3.05, 3.63) is 21.8 Å². The molecule has 0 aromatic heterocycles. The summed E-state index contributed by atoms with van der Waals surface area (Å²) in [6, 6.07) is 0. The Morgan fingerprint density at radius 1 is 1.76 bits per heavy atom. The van der Waals surface area contributed by atoms with E-state index in [4.69, 9.17) is 11.5 Å². The number of nitro groups is 1. The molecule has 1 fully saturated rings. The van der Waals surface area contributed by atoms with Gasteiger partial charge in [0.2, 0.25) is 6.54 Å². The monoisotopic (exact) mass is 235 g/mol. The molecular formula is C12H13NO4. The first-order chi connectivity index (χ1) is 7.97. The minimum Gasteiger partial charge on any atom is -0.481 e. The Morgan fingerprint density at radius 2 is 2.47 bits per heavy atom. The Kier molecular flexibility index (Phi) is 2.66. The summed E-state index contributed by atoms with van der Waals surface area (Å²) in [4.78, 5) is 21.1. The molecule has 0 saturated heterocycles. The van der Waals surface area contributed by atoms with Crippen LogP contribution in [-0.2, 0) is 4.79 Å². The van der Waals surface area contributed by atoms with E-state index in [0.29, 0.717) is 12.3 Å². The zero-order chi connectivity index (χ0) is 12.6. The minimum absolute atomic E-state index is 0.0324. The van der Waals surface area contributed by atoms with Crippen molar-refractivity contribution in [2.45, 2.75) is 19.3 Å². The lowest BCUT2D eigenvalue weighted by atomic mass is 9.53. The Morgan fingerprint density at radius 3 is 3.00 bits per heavy atom. The highest BCUT2D eigenvalue weighted by Crippen LogP contribution is 2.59. The zero-order valence-electron chi connectivity index (χ0n) is 9.26. The van der Waals surface area contributed by atoms with Crippen LogP contribution in [0.1, 0.15) is 19.3 Å². The average molecular weight is 235 g/mol. The summed E-state index contributed by atoms with van der Waals surface area (Å²) in [6.45, 7) is -0.283. The standard InChI is InChI=1S/C12H13NO4/c1-2-8-3-9-5-12(6-11(14)15,7-13(16)17)10(9)4-8/h1,4,9-10H,3,5-7H2,(H,14,15)/t9-,10-,12-/m1/s1. The van der Waals surface area contributed by atoms with E-state index < -0.39 is 16.3 Å². The molecule has 2 aliphatic rings. The Bertz CT molecular complexity index is 430. The van der Waals surface area contributed by atoms with E-state index in [1.807, 2.05) is 6.08 Å². The second-order valence-corrected chi connectivity index (χ2v) is 4.95. The molecule has 0 bridgehead atoms. The highest BCUT2D eigenvalue weighted by atomic mass is 16.6. The highest BCUT2D eigenvalue weighted by Gasteiger charge is 2.58. The number of allylic oxidation sites excluding steroid dienone is 2. The van der Waals surface area contributed by atoms with Gasteiger partial charge < -0.3 is 5.11 Å². The second-order valence-electron chi connectivity index (χ2n) is 4.95. The number of carboxylic acid groups (broad SMARTS) is 1. The van der Waals surface area contributed by atoms with Gasteiger partial charge in [-0.25, -0.2) is 0 Å². The molecule has 0 heterocycles. The fourth-order valence-corrected chi connectivity index (χ4v) is 3.29. The van der Waals surface area contributed by atoms with Crippen LogP contribution in [0.25, 0.3) is 0 Å². The largest absolute Gasteiger partial charge is 0.481 e. The Hall–Kier alpha value is -1.83. The van der Waals surface area contributed by atoms with Gasteiger partial charge in [0.05, 0.1) is 11.8 Å². The molecule has 5 nitrogen and oxygen atoms in total. The molecule has 17 heavy (non-hydrogen) atoms. The molecule has 3 atom stereocenters. The maximum Gasteiger partial charge on any atom is 0.304 e. The van der Waals surface area contributed by atoms with E-state index >= 15 is 0 Å². The number of nitrogens with zero attached hydrogens (tertiary/aromatic N) is 1. The predicted octanol–water partition coefficient (Wildman–Crippen LogP) is 1.32. The number of hydrogen-bond acceptors (Lipinski definition) is 3. The molecular weight excluding hydrogens is 222 g/mol. The van der Waals surface area contributed by atoms with Crippen LogP contribution in [0.2, 0.25) is 0 Å². The molecule has 0 aliphatic heterocycles. The smallest absolute Gasteiger partial charge is 0.304 e. The van der Waals surface area contributed by atoms with Crippen LogP contribution in [0, 0.1) is 39.7 Å². The predicted molar refractivity (Wildman–Crippen MR) is 59.7 cm³/mol. The van der Waals surface area contributed by atoms with Gasteiger partial charge in [0.25, 0.3) is 0 Å². The van der Waals surface area contributed by atoms with Gasteiger partial charge in [-0.05, 0) is 30.3 Å². The summed E-state index contributed by atoms with van der Waals surface area (Å²) in [7, 11) is 0. The number of terminal acetylenes is 1. The molecule has 2 aliphatic carbocycles. The van der Waals surface area contributed by atoms with Crippen molar-refractivity contribution >= 4 is 5.97 Å². The number of aliphatic carboxylic acids is 1. The molecule has 5 heteroatoms. The first-order valence-electron chi connectivity index (χ1n) is 5.48. The van der Waals surface area contributed by atoms with E-state index in [0.717, 1.165) is 12.0 Å². The van der Waals surface area contributed by atoms with Crippen LogP contribution in [0.15, 0.2) is 11.6 Å². The van der Waals surface area contributed by atoms with Gasteiger partial charge in [-0.15, -0.1) is 6.42 Å². The first-order valence-corrected chi connectivity index (χ1v) is 5.48. The lowest BCUT2D eigenvalue weighted by molar-refractivity contribution is -0.505. The van der Waals surface area contributed by atoms with Crippen molar-refractivity contribution in [3.63, 3.8) is 0 Å². The summed E-state index contributed by atoms with van der Waals surface area (Å²) < 4.78 is 0. The molecule has 0 unspecified atom stereocenters. The van der Waals surface area contributed by atoms with Crippen LogP contribution in [0.4, 0.5) is 0 Å².